The molecule has 0 aliphatic heterocycles. The van der Waals surface area contributed by atoms with Crippen LogP contribution in [0.3, 0.4) is 0 Å². The second kappa shape index (κ2) is 5.32. The average Bonchev–Trinajstić information content (AvgIpc) is 3.00. The van der Waals surface area contributed by atoms with E-state index >= 15 is 0 Å². The summed E-state index contributed by atoms with van der Waals surface area (Å²) >= 11 is 7.05. The first kappa shape index (κ1) is 12.7. The SMILES string of the molecule is NCc1nnc(SCc2sccc2Br)n1C1CC1. The van der Waals surface area contributed by atoms with Crippen molar-refractivity contribution >= 4 is 39.0 Å². The van der Waals surface area contributed by atoms with Crippen LogP contribution in [0.4, 0.5) is 0 Å². The van der Waals surface area contributed by atoms with Gasteiger partial charge in [-0.25, -0.2) is 0 Å². The first-order valence-corrected chi connectivity index (χ1v) is 8.44. The zero-order chi connectivity index (χ0) is 12.5. The summed E-state index contributed by atoms with van der Waals surface area (Å²) in [6.45, 7) is 0.465. The molecule has 0 aromatic carbocycles. The number of thioether (sulfide) groups is 1. The number of rotatable bonds is 5. The Labute approximate surface area is 122 Å². The third kappa shape index (κ3) is 2.49. The normalized spacial score (nSPS) is 15.2. The molecule has 2 heterocycles. The van der Waals surface area contributed by atoms with E-state index in [0.717, 1.165) is 16.7 Å². The minimum absolute atomic E-state index is 0.465. The van der Waals surface area contributed by atoms with Gasteiger partial charge in [0, 0.05) is 21.1 Å². The summed E-state index contributed by atoms with van der Waals surface area (Å²) in [4.78, 5) is 1.33. The average molecular weight is 345 g/mol. The Morgan fingerprint density at radius 1 is 1.50 bits per heavy atom. The molecule has 0 bridgehead atoms. The fourth-order valence-electron chi connectivity index (χ4n) is 1.80. The van der Waals surface area contributed by atoms with Crippen molar-refractivity contribution in [1.29, 1.82) is 0 Å². The molecule has 1 aliphatic carbocycles. The maximum Gasteiger partial charge on any atom is 0.191 e. The predicted molar refractivity (Wildman–Crippen MR) is 77.8 cm³/mol. The van der Waals surface area contributed by atoms with Crippen LogP contribution in [0.2, 0.25) is 0 Å². The first-order valence-electron chi connectivity index (χ1n) is 5.78. The fourth-order valence-corrected chi connectivity index (χ4v) is 4.62. The van der Waals surface area contributed by atoms with Gasteiger partial charge in [0.15, 0.2) is 5.16 Å². The molecule has 2 aromatic heterocycles. The highest BCUT2D eigenvalue weighted by Crippen LogP contribution is 2.39. The molecule has 96 valence electrons. The smallest absolute Gasteiger partial charge is 0.191 e. The standard InChI is InChI=1S/C11H13BrN4S2/c12-8-3-4-17-9(8)6-18-11-15-14-10(5-13)16(11)7-1-2-7/h3-4,7H,1-2,5-6,13H2. The van der Waals surface area contributed by atoms with Gasteiger partial charge in [0.2, 0.25) is 0 Å². The highest BCUT2D eigenvalue weighted by molar-refractivity contribution is 9.10. The molecule has 1 saturated carbocycles. The maximum absolute atomic E-state index is 5.71. The van der Waals surface area contributed by atoms with Gasteiger partial charge < -0.3 is 10.3 Å². The van der Waals surface area contributed by atoms with Crippen molar-refractivity contribution in [1.82, 2.24) is 14.8 Å². The molecule has 0 atom stereocenters. The topological polar surface area (TPSA) is 56.7 Å². The molecule has 7 heteroatoms. The summed E-state index contributed by atoms with van der Waals surface area (Å²) in [6.07, 6.45) is 2.45. The lowest BCUT2D eigenvalue weighted by molar-refractivity contribution is 0.626. The third-order valence-electron chi connectivity index (χ3n) is 2.85. The highest BCUT2D eigenvalue weighted by Gasteiger charge is 2.29. The molecular formula is C11H13BrN4S2. The molecule has 1 aliphatic rings. The van der Waals surface area contributed by atoms with Gasteiger partial charge in [-0.3, -0.25) is 0 Å². The van der Waals surface area contributed by atoms with Crippen molar-refractivity contribution in [3.05, 3.63) is 26.6 Å². The molecule has 2 N–H and O–H groups in total. The van der Waals surface area contributed by atoms with E-state index in [1.165, 1.54) is 22.2 Å². The van der Waals surface area contributed by atoms with Crippen molar-refractivity contribution < 1.29 is 0 Å². The van der Waals surface area contributed by atoms with Crippen molar-refractivity contribution in [3.63, 3.8) is 0 Å². The number of halogens is 1. The van der Waals surface area contributed by atoms with Gasteiger partial charge >= 0.3 is 0 Å². The second-order valence-corrected chi connectivity index (χ2v) is 6.98. The van der Waals surface area contributed by atoms with Gasteiger partial charge in [-0.15, -0.1) is 21.5 Å². The number of aromatic nitrogens is 3. The zero-order valence-corrected chi connectivity index (χ0v) is 12.9. The highest BCUT2D eigenvalue weighted by atomic mass is 79.9. The third-order valence-corrected chi connectivity index (χ3v) is 5.93. The lowest BCUT2D eigenvalue weighted by atomic mass is 10.5. The first-order chi connectivity index (χ1) is 8.79. The van der Waals surface area contributed by atoms with E-state index in [4.69, 9.17) is 5.73 Å². The van der Waals surface area contributed by atoms with E-state index in [1.807, 2.05) is 0 Å². The molecular weight excluding hydrogens is 332 g/mol. The van der Waals surface area contributed by atoms with Crippen LogP contribution in [0.5, 0.6) is 0 Å². The number of nitrogens with two attached hydrogens (primary N) is 1. The van der Waals surface area contributed by atoms with Gasteiger partial charge in [0.1, 0.15) is 5.82 Å². The summed E-state index contributed by atoms with van der Waals surface area (Å²) in [5.41, 5.74) is 5.71. The van der Waals surface area contributed by atoms with Crippen LogP contribution in [-0.4, -0.2) is 14.8 Å². The maximum atomic E-state index is 5.71. The Hall–Kier alpha value is -0.370. The predicted octanol–water partition coefficient (Wildman–Crippen LogP) is 3.19. The van der Waals surface area contributed by atoms with E-state index in [2.05, 4.69) is 42.1 Å². The van der Waals surface area contributed by atoms with Crippen LogP contribution in [-0.2, 0) is 12.3 Å². The van der Waals surface area contributed by atoms with Crippen molar-refractivity contribution in [2.45, 2.75) is 36.3 Å². The number of hydrogen-bond donors (Lipinski definition) is 1. The Kier molecular flexibility index (Phi) is 3.74. The Balaban J connectivity index is 1.76. The lowest BCUT2D eigenvalue weighted by Gasteiger charge is -2.06. The molecule has 18 heavy (non-hydrogen) atoms. The van der Waals surface area contributed by atoms with Crippen LogP contribution in [0.1, 0.15) is 29.6 Å². The summed E-state index contributed by atoms with van der Waals surface area (Å²) in [5.74, 6) is 1.83. The van der Waals surface area contributed by atoms with Gasteiger partial charge in [-0.05, 0) is 40.2 Å². The largest absolute Gasteiger partial charge is 0.324 e. The molecule has 3 rings (SSSR count). The van der Waals surface area contributed by atoms with Crippen LogP contribution in [0, 0.1) is 0 Å². The van der Waals surface area contributed by atoms with E-state index in [-0.39, 0.29) is 0 Å². The Bertz CT molecular complexity index is 547. The molecule has 0 unspecified atom stereocenters. The molecule has 1 fully saturated rings. The van der Waals surface area contributed by atoms with E-state index in [0.29, 0.717) is 12.6 Å². The molecule has 0 amide bonds. The van der Waals surface area contributed by atoms with Gasteiger partial charge in [0.25, 0.3) is 0 Å². The van der Waals surface area contributed by atoms with Crippen LogP contribution in [0.15, 0.2) is 21.1 Å². The quantitative estimate of drug-likeness (QED) is 0.846. The second-order valence-electron chi connectivity index (χ2n) is 4.18. The summed E-state index contributed by atoms with van der Waals surface area (Å²) < 4.78 is 3.39. The number of hydrogen-bond acceptors (Lipinski definition) is 5. The summed E-state index contributed by atoms with van der Waals surface area (Å²) in [7, 11) is 0. The minimum Gasteiger partial charge on any atom is -0.324 e. The summed E-state index contributed by atoms with van der Waals surface area (Å²) in [5, 5.41) is 11.5. The van der Waals surface area contributed by atoms with Crippen molar-refractivity contribution in [3.8, 4) is 0 Å². The van der Waals surface area contributed by atoms with Crippen molar-refractivity contribution in [2.24, 2.45) is 5.73 Å². The van der Waals surface area contributed by atoms with Crippen LogP contribution in [0.25, 0.3) is 0 Å². The number of nitrogens with zero attached hydrogens (tertiary/aromatic N) is 3. The van der Waals surface area contributed by atoms with Gasteiger partial charge in [-0.1, -0.05) is 11.8 Å². The molecule has 4 nitrogen and oxygen atoms in total. The van der Waals surface area contributed by atoms with Gasteiger partial charge in [-0.2, -0.15) is 0 Å². The van der Waals surface area contributed by atoms with E-state index in [1.54, 1.807) is 23.1 Å². The fraction of sp³-hybridized carbons (Fsp3) is 0.455. The van der Waals surface area contributed by atoms with Crippen molar-refractivity contribution in [2.75, 3.05) is 0 Å². The Morgan fingerprint density at radius 3 is 2.94 bits per heavy atom. The molecule has 0 saturated heterocycles. The van der Waals surface area contributed by atoms with Gasteiger partial charge in [0.05, 0.1) is 6.54 Å². The minimum atomic E-state index is 0.465. The zero-order valence-electron chi connectivity index (χ0n) is 9.67. The monoisotopic (exact) mass is 344 g/mol. The molecule has 2 aromatic rings. The number of thiophene rings is 1. The van der Waals surface area contributed by atoms with E-state index in [9.17, 15) is 0 Å². The lowest BCUT2D eigenvalue weighted by Crippen LogP contribution is -2.07. The van der Waals surface area contributed by atoms with Crippen LogP contribution >= 0.6 is 39.0 Å². The van der Waals surface area contributed by atoms with Crippen LogP contribution < -0.4 is 5.73 Å². The summed E-state index contributed by atoms with van der Waals surface area (Å²) in [6, 6.07) is 2.66. The Morgan fingerprint density at radius 2 is 2.33 bits per heavy atom. The van der Waals surface area contributed by atoms with E-state index < -0.39 is 0 Å². The molecule has 0 radical (unpaired) electrons. The molecule has 0 spiro atoms.